The van der Waals surface area contributed by atoms with Crippen molar-refractivity contribution in [3.8, 4) is 5.75 Å². The van der Waals surface area contributed by atoms with Crippen molar-refractivity contribution in [2.24, 2.45) is 0 Å². The lowest BCUT2D eigenvalue weighted by atomic mass is 9.95. The monoisotopic (exact) mass is 351 g/mol. The molecule has 0 spiro atoms. The molecule has 2 rings (SSSR count). The normalized spacial score (nSPS) is 12.3. The highest BCUT2D eigenvalue weighted by molar-refractivity contribution is 9.10. The average molecular weight is 352 g/mol. The summed E-state index contributed by atoms with van der Waals surface area (Å²) in [5.41, 5.74) is 3.75. The van der Waals surface area contributed by atoms with E-state index in [-0.39, 0.29) is 11.9 Å². The summed E-state index contributed by atoms with van der Waals surface area (Å²) in [6.07, 6.45) is 0. The summed E-state index contributed by atoms with van der Waals surface area (Å²) in [6.45, 7) is 4.00. The first kappa shape index (κ1) is 16.0. The highest BCUT2D eigenvalue weighted by Crippen LogP contribution is 2.31. The van der Waals surface area contributed by atoms with Gasteiger partial charge in [0, 0.05) is 10.0 Å². The minimum absolute atomic E-state index is 0.193. The third kappa shape index (κ3) is 3.27. The minimum Gasteiger partial charge on any atom is -0.496 e. The van der Waals surface area contributed by atoms with Gasteiger partial charge in [0.1, 0.15) is 11.6 Å². The maximum absolute atomic E-state index is 14.2. The van der Waals surface area contributed by atoms with Gasteiger partial charge in [0.15, 0.2) is 0 Å². The Hall–Kier alpha value is -1.39. The number of rotatable bonds is 4. The van der Waals surface area contributed by atoms with Gasteiger partial charge >= 0.3 is 0 Å². The predicted octanol–water partition coefficient (Wildman–Crippen LogP) is 4.52. The van der Waals surface area contributed by atoms with Crippen molar-refractivity contribution < 1.29 is 9.13 Å². The van der Waals surface area contributed by atoms with Crippen molar-refractivity contribution in [3.63, 3.8) is 0 Å². The molecule has 0 fully saturated rings. The number of halogens is 2. The van der Waals surface area contributed by atoms with Crippen molar-refractivity contribution >= 4 is 15.9 Å². The van der Waals surface area contributed by atoms with Gasteiger partial charge in [-0.05, 0) is 49.7 Å². The summed E-state index contributed by atoms with van der Waals surface area (Å²) >= 11 is 3.29. The van der Waals surface area contributed by atoms with Crippen molar-refractivity contribution in [2.45, 2.75) is 19.9 Å². The second kappa shape index (κ2) is 6.58. The molecule has 0 bridgehead atoms. The third-order valence-electron chi connectivity index (χ3n) is 3.58. The molecule has 0 aliphatic carbocycles. The predicted molar refractivity (Wildman–Crippen MR) is 87.5 cm³/mol. The van der Waals surface area contributed by atoms with E-state index in [2.05, 4.69) is 21.2 Å². The molecule has 0 saturated carbocycles. The van der Waals surface area contributed by atoms with E-state index in [9.17, 15) is 4.39 Å². The maximum atomic E-state index is 14.2. The first-order valence-corrected chi connectivity index (χ1v) is 7.54. The van der Waals surface area contributed by atoms with E-state index in [1.165, 1.54) is 6.07 Å². The summed E-state index contributed by atoms with van der Waals surface area (Å²) in [5.74, 6) is 0.653. The van der Waals surface area contributed by atoms with E-state index in [4.69, 9.17) is 4.74 Å². The molecule has 0 amide bonds. The summed E-state index contributed by atoms with van der Waals surface area (Å²) in [5, 5.41) is 3.19. The van der Waals surface area contributed by atoms with Gasteiger partial charge in [0.05, 0.1) is 13.2 Å². The molecule has 0 aliphatic rings. The highest BCUT2D eigenvalue weighted by Gasteiger charge is 2.18. The van der Waals surface area contributed by atoms with Gasteiger partial charge in [-0.1, -0.05) is 34.1 Å². The molecular weight excluding hydrogens is 333 g/mol. The number of hydrogen-bond donors (Lipinski definition) is 1. The largest absolute Gasteiger partial charge is 0.496 e. The minimum atomic E-state index is -0.227. The van der Waals surface area contributed by atoms with Crippen LogP contribution in [-0.4, -0.2) is 14.2 Å². The number of benzene rings is 2. The summed E-state index contributed by atoms with van der Waals surface area (Å²) < 4.78 is 20.4. The Morgan fingerprint density at radius 3 is 2.24 bits per heavy atom. The Morgan fingerprint density at radius 1 is 1.14 bits per heavy atom. The van der Waals surface area contributed by atoms with Crippen LogP contribution in [0.25, 0.3) is 0 Å². The van der Waals surface area contributed by atoms with E-state index in [1.807, 2.05) is 39.1 Å². The van der Waals surface area contributed by atoms with Gasteiger partial charge in [-0.15, -0.1) is 0 Å². The first-order valence-electron chi connectivity index (χ1n) is 6.75. The number of methoxy groups -OCH3 is 1. The van der Waals surface area contributed by atoms with Crippen LogP contribution in [-0.2, 0) is 0 Å². The van der Waals surface area contributed by atoms with Gasteiger partial charge in [0.2, 0.25) is 0 Å². The highest BCUT2D eigenvalue weighted by atomic mass is 79.9. The second-order valence-electron chi connectivity index (χ2n) is 5.08. The molecule has 2 aromatic carbocycles. The quantitative estimate of drug-likeness (QED) is 0.873. The van der Waals surface area contributed by atoms with E-state index in [1.54, 1.807) is 13.2 Å². The second-order valence-corrected chi connectivity index (χ2v) is 5.99. The molecule has 2 aromatic rings. The van der Waals surface area contributed by atoms with Crippen LogP contribution >= 0.6 is 15.9 Å². The Morgan fingerprint density at radius 2 is 1.76 bits per heavy atom. The van der Waals surface area contributed by atoms with Gasteiger partial charge in [0.25, 0.3) is 0 Å². The zero-order valence-electron chi connectivity index (χ0n) is 12.6. The maximum Gasteiger partial charge on any atom is 0.129 e. The molecule has 1 atom stereocenters. The lowest BCUT2D eigenvalue weighted by Crippen LogP contribution is -2.19. The fourth-order valence-electron chi connectivity index (χ4n) is 2.71. The molecule has 0 aliphatic heterocycles. The summed E-state index contributed by atoms with van der Waals surface area (Å²) in [6, 6.07) is 9.02. The number of aryl methyl sites for hydroxylation is 2. The van der Waals surface area contributed by atoms with Crippen molar-refractivity contribution in [1.82, 2.24) is 5.32 Å². The molecule has 0 heterocycles. The SMILES string of the molecule is CNC(c1cc(C)c(OC)c(C)c1)c1ccc(Br)cc1F. The van der Waals surface area contributed by atoms with Crippen LogP contribution in [0.2, 0.25) is 0 Å². The molecule has 1 unspecified atom stereocenters. The van der Waals surface area contributed by atoms with Crippen molar-refractivity contribution in [1.29, 1.82) is 0 Å². The number of ether oxygens (including phenoxy) is 1. The molecule has 0 saturated heterocycles. The molecule has 0 radical (unpaired) electrons. The Kier molecular flexibility index (Phi) is 5.01. The molecule has 2 nitrogen and oxygen atoms in total. The third-order valence-corrected chi connectivity index (χ3v) is 4.08. The standard InChI is InChI=1S/C17H19BrFNO/c1-10-7-12(8-11(2)17(10)21-4)16(20-3)14-6-5-13(18)9-15(14)19/h5-9,16,20H,1-4H3. The van der Waals surface area contributed by atoms with Crippen LogP contribution in [0.5, 0.6) is 5.75 Å². The molecule has 0 aromatic heterocycles. The van der Waals surface area contributed by atoms with Gasteiger partial charge in [-0.25, -0.2) is 4.39 Å². The lowest BCUT2D eigenvalue weighted by molar-refractivity contribution is 0.408. The van der Waals surface area contributed by atoms with Gasteiger partial charge < -0.3 is 10.1 Å². The van der Waals surface area contributed by atoms with Crippen molar-refractivity contribution in [3.05, 3.63) is 62.9 Å². The zero-order valence-corrected chi connectivity index (χ0v) is 14.2. The molecule has 112 valence electrons. The van der Waals surface area contributed by atoms with E-state index < -0.39 is 0 Å². The topological polar surface area (TPSA) is 21.3 Å². The summed E-state index contributed by atoms with van der Waals surface area (Å²) in [7, 11) is 3.50. The van der Waals surface area contributed by atoms with Crippen LogP contribution < -0.4 is 10.1 Å². The van der Waals surface area contributed by atoms with E-state index in [0.29, 0.717) is 5.56 Å². The molecule has 21 heavy (non-hydrogen) atoms. The van der Waals surface area contributed by atoms with E-state index >= 15 is 0 Å². The van der Waals surface area contributed by atoms with Crippen LogP contribution in [0.4, 0.5) is 4.39 Å². The van der Waals surface area contributed by atoms with Crippen LogP contribution in [0.3, 0.4) is 0 Å². The lowest BCUT2D eigenvalue weighted by Gasteiger charge is -2.20. The van der Waals surface area contributed by atoms with Crippen LogP contribution in [0, 0.1) is 19.7 Å². The average Bonchev–Trinajstić information content (AvgIpc) is 2.41. The Balaban J connectivity index is 2.51. The number of nitrogens with one attached hydrogen (secondary N) is 1. The fraction of sp³-hybridized carbons (Fsp3) is 0.294. The fourth-order valence-corrected chi connectivity index (χ4v) is 3.04. The molecular formula is C17H19BrFNO. The Bertz CT molecular complexity index is 634. The van der Waals surface area contributed by atoms with Gasteiger partial charge in [-0.3, -0.25) is 0 Å². The smallest absolute Gasteiger partial charge is 0.129 e. The molecule has 1 N–H and O–H groups in total. The van der Waals surface area contributed by atoms with Crippen molar-refractivity contribution in [2.75, 3.05) is 14.2 Å². The van der Waals surface area contributed by atoms with E-state index in [0.717, 1.165) is 26.9 Å². The van der Waals surface area contributed by atoms with Gasteiger partial charge in [-0.2, -0.15) is 0 Å². The molecule has 4 heteroatoms. The Labute approximate surface area is 133 Å². The van der Waals surface area contributed by atoms with Crippen LogP contribution in [0.15, 0.2) is 34.8 Å². The summed E-state index contributed by atoms with van der Waals surface area (Å²) in [4.78, 5) is 0. The zero-order chi connectivity index (χ0) is 15.6. The first-order chi connectivity index (χ1) is 9.97. The number of hydrogen-bond acceptors (Lipinski definition) is 2. The van der Waals surface area contributed by atoms with Crippen LogP contribution in [0.1, 0.15) is 28.3 Å².